The Balaban J connectivity index is 1.20. The minimum atomic E-state index is -1.62. The summed E-state index contributed by atoms with van der Waals surface area (Å²) in [5.74, 6) is 2.20. The first-order valence-electron chi connectivity index (χ1n) is 24.7. The van der Waals surface area contributed by atoms with Crippen LogP contribution in [-0.4, -0.2) is 217 Å². The van der Waals surface area contributed by atoms with Crippen molar-refractivity contribution in [2.75, 3.05) is 37.1 Å². The van der Waals surface area contributed by atoms with Gasteiger partial charge in [0.2, 0.25) is 0 Å². The van der Waals surface area contributed by atoms with Gasteiger partial charge in [0.25, 0.3) is 0 Å². The molecule has 6 heterocycles. The van der Waals surface area contributed by atoms with Gasteiger partial charge in [0, 0.05) is 31.4 Å². The highest BCUT2D eigenvalue weighted by molar-refractivity contribution is 8.01. The molecule has 0 bridgehead atoms. The summed E-state index contributed by atoms with van der Waals surface area (Å²) in [4.78, 5) is 2.78. The molecule has 3 fully saturated rings. The molecule has 420 valence electrons. The molecule has 3 aliphatic heterocycles. The van der Waals surface area contributed by atoms with E-state index in [-0.39, 0.29) is 39.6 Å². The largest absolute Gasteiger partial charge is 0.394 e. The first kappa shape index (κ1) is 59.6. The molecule has 27 nitrogen and oxygen atoms in total. The maximum absolute atomic E-state index is 10.7. The van der Waals surface area contributed by atoms with Crippen molar-refractivity contribution < 1.29 is 89.7 Å². The van der Waals surface area contributed by atoms with Crippen LogP contribution >= 0.6 is 35.3 Å². The van der Waals surface area contributed by atoms with Gasteiger partial charge < -0.3 is 89.7 Å². The molecule has 15 atom stereocenters. The first-order chi connectivity index (χ1) is 36.2. The van der Waals surface area contributed by atoms with Gasteiger partial charge in [-0.3, -0.25) is 0 Å². The zero-order valence-corrected chi connectivity index (χ0v) is 44.0. The Kier molecular flexibility index (Phi) is 22.4. The van der Waals surface area contributed by atoms with E-state index in [4.69, 9.17) is 28.4 Å². The van der Waals surface area contributed by atoms with Gasteiger partial charge in [-0.05, 0) is 36.5 Å². The predicted octanol–water partition coefficient (Wildman–Crippen LogP) is -1.96. The van der Waals surface area contributed by atoms with E-state index in [2.05, 4.69) is 51.7 Å². The molecule has 4 aromatic rings. The fourth-order valence-electron chi connectivity index (χ4n) is 8.57. The van der Waals surface area contributed by atoms with Gasteiger partial charge in [-0.1, -0.05) is 36.4 Å². The Hall–Kier alpha value is -3.03. The number of aliphatic hydroxyl groups is 12. The SMILES string of the molecule is CCCSc1c(COCc2cn([C@@H]3O[C@H](CO)[C@@H](O)[C@H](O)[C@H]3O)nn2)c(SCCC)c(COCc2cn([C@@H]3O[C@H](CO)[C@@H](O)[C@H](O)[C@H]3O)nn2)c(SCCC)c1COCc1cn([C@@H]2O[C@H](CO)[C@@H](O)[C@H](O)[C@H]2O)nn1. The lowest BCUT2D eigenvalue weighted by atomic mass is 9.98. The molecule has 30 heteroatoms. The molecule has 1 aromatic carbocycles. The van der Waals surface area contributed by atoms with Crippen LogP contribution in [0.3, 0.4) is 0 Å². The molecule has 0 saturated carbocycles. The van der Waals surface area contributed by atoms with Crippen LogP contribution in [0.1, 0.15) is 92.5 Å². The molecule has 7 rings (SSSR count). The minimum Gasteiger partial charge on any atom is -0.394 e. The number of aliphatic hydroxyl groups excluding tert-OH is 12. The molecular weight excluding hydrogens is 1050 g/mol. The number of ether oxygens (including phenoxy) is 6. The van der Waals surface area contributed by atoms with E-state index in [0.717, 1.165) is 67.9 Å². The molecule has 0 unspecified atom stereocenters. The van der Waals surface area contributed by atoms with E-state index in [9.17, 15) is 61.3 Å². The average molecular weight is 1120 g/mol. The average Bonchev–Trinajstić information content (AvgIpc) is 4.21. The van der Waals surface area contributed by atoms with E-state index in [1.807, 2.05) is 0 Å². The van der Waals surface area contributed by atoms with Crippen LogP contribution in [0.4, 0.5) is 0 Å². The van der Waals surface area contributed by atoms with E-state index < -0.39 is 112 Å². The topological polar surface area (TPSA) is 390 Å². The minimum absolute atomic E-state index is 0.0502. The lowest BCUT2D eigenvalue weighted by molar-refractivity contribution is -0.254. The van der Waals surface area contributed by atoms with Crippen molar-refractivity contribution in [1.82, 2.24) is 45.0 Å². The van der Waals surface area contributed by atoms with Crippen LogP contribution in [0, 0.1) is 0 Å². The summed E-state index contributed by atoms with van der Waals surface area (Å²) in [6.07, 6.45) is -14.5. The van der Waals surface area contributed by atoms with Crippen LogP contribution in [0.2, 0.25) is 0 Å². The summed E-state index contributed by atoms with van der Waals surface area (Å²) in [5, 5.41) is 149. The lowest BCUT2D eigenvalue weighted by Crippen LogP contribution is -2.56. The molecule has 0 amide bonds. The van der Waals surface area contributed by atoms with E-state index >= 15 is 0 Å². The van der Waals surface area contributed by atoms with Crippen molar-refractivity contribution >= 4 is 35.3 Å². The van der Waals surface area contributed by atoms with Crippen molar-refractivity contribution in [3.63, 3.8) is 0 Å². The van der Waals surface area contributed by atoms with Gasteiger partial charge in [0.1, 0.15) is 90.3 Å². The maximum Gasteiger partial charge on any atom is 0.180 e. The highest BCUT2D eigenvalue weighted by atomic mass is 32.2. The predicted molar refractivity (Wildman–Crippen MR) is 262 cm³/mol. The van der Waals surface area contributed by atoms with Gasteiger partial charge in [0.05, 0.1) is 78.1 Å². The van der Waals surface area contributed by atoms with Crippen LogP contribution in [0.5, 0.6) is 0 Å². The van der Waals surface area contributed by atoms with Gasteiger partial charge >= 0.3 is 0 Å². The van der Waals surface area contributed by atoms with Gasteiger partial charge in [-0.2, -0.15) is 0 Å². The summed E-state index contributed by atoms with van der Waals surface area (Å²) in [7, 11) is 0. The second-order valence-electron chi connectivity index (χ2n) is 18.2. The number of hydrogen-bond acceptors (Lipinski definition) is 27. The zero-order valence-electron chi connectivity index (χ0n) is 41.6. The van der Waals surface area contributed by atoms with Crippen molar-refractivity contribution in [1.29, 1.82) is 0 Å². The number of hydrogen-bond donors (Lipinski definition) is 12. The molecule has 3 aliphatic rings. The Morgan fingerprint density at radius 3 is 0.920 bits per heavy atom. The molecule has 0 aliphatic carbocycles. The van der Waals surface area contributed by atoms with Crippen LogP contribution in [0.15, 0.2) is 33.3 Å². The first-order valence-corrected chi connectivity index (χ1v) is 27.6. The van der Waals surface area contributed by atoms with Crippen molar-refractivity contribution in [3.8, 4) is 0 Å². The summed E-state index contributed by atoms with van der Waals surface area (Å²) < 4.78 is 40.0. The highest BCUT2D eigenvalue weighted by Crippen LogP contribution is 2.46. The van der Waals surface area contributed by atoms with E-state index in [1.165, 1.54) is 32.6 Å². The molecule has 3 aromatic heterocycles. The van der Waals surface area contributed by atoms with Crippen molar-refractivity contribution in [3.05, 3.63) is 52.4 Å². The molecule has 75 heavy (non-hydrogen) atoms. The quantitative estimate of drug-likeness (QED) is 0.0288. The van der Waals surface area contributed by atoms with Crippen molar-refractivity contribution in [2.24, 2.45) is 0 Å². The Labute approximate surface area is 444 Å². The maximum atomic E-state index is 10.7. The third kappa shape index (κ3) is 13.9. The van der Waals surface area contributed by atoms with Gasteiger partial charge in [-0.15, -0.1) is 50.6 Å². The third-order valence-electron chi connectivity index (χ3n) is 12.5. The number of thioether (sulfide) groups is 3. The molecule has 0 radical (unpaired) electrons. The Morgan fingerprint density at radius 1 is 0.413 bits per heavy atom. The van der Waals surface area contributed by atoms with Crippen LogP contribution in [-0.2, 0) is 68.1 Å². The standard InChI is InChI=1S/C45H69N9O18S3/c1-4-7-73-40-25(19-67-16-22-10-52(49-46-22)43-37(64)34(61)31(58)28(13-55)70-43)41(74-8-5-2)27(21-69-18-24-12-54(51-48-24)45-39(66)36(63)33(60)30(15-57)72-45)42(75-9-6-3)26(40)20-68-17-23-11-53(50-47-23)44-38(65)35(62)32(59)29(14-56)71-44/h10-12,28-39,43-45,55-66H,4-9,13-21H2,1-3H3/t28-,29-,30-,31-,32-,33-,34+,35+,36+,37-,38-,39-,43-,44-,45-/m1/s1. The number of nitrogens with zero attached hydrogens (tertiary/aromatic N) is 9. The summed E-state index contributed by atoms with van der Waals surface area (Å²) >= 11 is 4.95. The third-order valence-corrected chi connectivity index (χ3v) is 16.7. The van der Waals surface area contributed by atoms with Crippen LogP contribution in [0.25, 0.3) is 0 Å². The fraction of sp³-hybridized carbons (Fsp3) is 0.733. The summed E-state index contributed by atoms with van der Waals surface area (Å²) in [6, 6.07) is 0. The van der Waals surface area contributed by atoms with E-state index in [1.54, 1.807) is 35.3 Å². The molecule has 0 spiro atoms. The number of aromatic nitrogens is 9. The fourth-order valence-corrected chi connectivity index (χ4v) is 12.0. The zero-order chi connectivity index (χ0) is 53.9. The number of benzene rings is 1. The van der Waals surface area contributed by atoms with Crippen molar-refractivity contribution in [2.45, 2.75) is 186 Å². The monoisotopic (exact) mass is 1120 g/mol. The Morgan fingerprint density at radius 2 is 0.680 bits per heavy atom. The second-order valence-corrected chi connectivity index (χ2v) is 21.5. The molecule has 12 N–H and O–H groups in total. The molecular formula is C45H69N9O18S3. The van der Waals surface area contributed by atoms with E-state index in [0.29, 0.717) is 17.1 Å². The van der Waals surface area contributed by atoms with Gasteiger partial charge in [0.15, 0.2) is 18.7 Å². The highest BCUT2D eigenvalue weighted by Gasteiger charge is 2.47. The number of rotatable bonds is 27. The lowest BCUT2D eigenvalue weighted by Gasteiger charge is -2.39. The van der Waals surface area contributed by atoms with Gasteiger partial charge in [-0.25, -0.2) is 14.0 Å². The normalized spacial score (nSPS) is 30.4. The molecule has 3 saturated heterocycles. The second kappa shape index (κ2) is 28.2. The summed E-state index contributed by atoms with van der Waals surface area (Å²) in [6.45, 7) is 4.46. The smallest absolute Gasteiger partial charge is 0.180 e. The Bertz CT molecular complexity index is 2110. The van der Waals surface area contributed by atoms with Crippen LogP contribution < -0.4 is 0 Å². The summed E-state index contributed by atoms with van der Waals surface area (Å²) in [5.41, 5.74) is 3.63.